The Kier molecular flexibility index (Phi) is 5.04. The number of carbonyl (C=O) groups is 1. The highest BCUT2D eigenvalue weighted by Crippen LogP contribution is 2.33. The predicted molar refractivity (Wildman–Crippen MR) is 130 cm³/mol. The summed E-state index contributed by atoms with van der Waals surface area (Å²) in [6.07, 6.45) is 3.85. The van der Waals surface area contributed by atoms with Gasteiger partial charge in [0.15, 0.2) is 5.13 Å². The van der Waals surface area contributed by atoms with Crippen LogP contribution in [0.15, 0.2) is 79.1 Å². The van der Waals surface area contributed by atoms with Gasteiger partial charge in [0.2, 0.25) is 0 Å². The van der Waals surface area contributed by atoms with Crippen LogP contribution < -0.4 is 16.4 Å². The summed E-state index contributed by atoms with van der Waals surface area (Å²) in [4.78, 5) is 22.7. The number of nitrogens with zero attached hydrogens (tertiary/aromatic N) is 3. The molecule has 0 atom stereocenters. The Hall–Kier alpha value is -4.17. The number of benzene rings is 2. The van der Waals surface area contributed by atoms with E-state index >= 15 is 0 Å². The van der Waals surface area contributed by atoms with E-state index in [0.29, 0.717) is 16.9 Å². The largest absolute Gasteiger partial charge is 0.397 e. The van der Waals surface area contributed by atoms with Gasteiger partial charge in [-0.15, -0.1) is 0 Å². The summed E-state index contributed by atoms with van der Waals surface area (Å²) >= 11 is 1.55. The number of fused-ring (bicyclic) bond motifs is 1. The third-order valence-corrected chi connectivity index (χ3v) is 5.97. The number of imidazole rings is 1. The van der Waals surface area contributed by atoms with Crippen LogP contribution in [0.2, 0.25) is 0 Å². The second-order valence-corrected chi connectivity index (χ2v) is 8.28. The van der Waals surface area contributed by atoms with Crippen LogP contribution in [-0.4, -0.2) is 20.3 Å². The van der Waals surface area contributed by atoms with E-state index < -0.39 is 0 Å². The van der Waals surface area contributed by atoms with Crippen molar-refractivity contribution in [3.8, 4) is 10.6 Å². The van der Waals surface area contributed by atoms with Gasteiger partial charge in [0, 0.05) is 23.6 Å². The molecule has 0 saturated heterocycles. The van der Waals surface area contributed by atoms with Crippen LogP contribution in [0.5, 0.6) is 0 Å². The number of anilines is 4. The minimum atomic E-state index is -0.214. The number of nitrogen functional groups attached to an aromatic ring is 1. The molecule has 3 heterocycles. The number of nitrogens with one attached hydrogen (secondary N) is 2. The van der Waals surface area contributed by atoms with Crippen molar-refractivity contribution in [3.05, 3.63) is 90.4 Å². The number of aryl methyl sites for hydroxylation is 1. The molecule has 0 spiro atoms. The SMILES string of the molecule is Cc1nc2ccccn2c1-c1cnc(Nc2ccc(C(=O)Nc3ccccc3N)cc2)s1. The zero-order chi connectivity index (χ0) is 22.1. The van der Waals surface area contributed by atoms with Crippen molar-refractivity contribution < 1.29 is 4.79 Å². The molecule has 0 bridgehead atoms. The average molecular weight is 441 g/mol. The number of hydrogen-bond acceptors (Lipinski definition) is 6. The molecule has 3 aromatic heterocycles. The molecule has 0 radical (unpaired) electrons. The Morgan fingerprint density at radius 2 is 1.81 bits per heavy atom. The molecule has 0 fully saturated rings. The Morgan fingerprint density at radius 3 is 2.62 bits per heavy atom. The van der Waals surface area contributed by atoms with Crippen LogP contribution in [0.3, 0.4) is 0 Å². The first-order valence-electron chi connectivity index (χ1n) is 10.0. The number of nitrogens with two attached hydrogens (primary N) is 1. The number of rotatable bonds is 5. The lowest BCUT2D eigenvalue weighted by Crippen LogP contribution is -2.13. The number of hydrogen-bond donors (Lipinski definition) is 3. The molecule has 5 rings (SSSR count). The molecule has 4 N–H and O–H groups in total. The molecule has 0 aliphatic rings. The lowest BCUT2D eigenvalue weighted by atomic mass is 10.2. The van der Waals surface area contributed by atoms with Crippen LogP contribution in [0.1, 0.15) is 16.1 Å². The molecule has 0 aliphatic heterocycles. The van der Waals surface area contributed by atoms with Crippen LogP contribution in [-0.2, 0) is 0 Å². The molecule has 2 aromatic carbocycles. The van der Waals surface area contributed by atoms with Gasteiger partial charge in [-0.2, -0.15) is 0 Å². The fourth-order valence-electron chi connectivity index (χ4n) is 3.49. The van der Waals surface area contributed by atoms with E-state index in [9.17, 15) is 4.79 Å². The van der Waals surface area contributed by atoms with Gasteiger partial charge < -0.3 is 16.4 Å². The van der Waals surface area contributed by atoms with Gasteiger partial charge in [0.05, 0.1) is 27.6 Å². The monoisotopic (exact) mass is 440 g/mol. The van der Waals surface area contributed by atoms with Gasteiger partial charge in [0.25, 0.3) is 5.91 Å². The second-order valence-electron chi connectivity index (χ2n) is 7.25. The summed E-state index contributed by atoms with van der Waals surface area (Å²) in [6, 6.07) is 20.4. The lowest BCUT2D eigenvalue weighted by Gasteiger charge is -2.08. The molecule has 0 unspecified atom stereocenters. The van der Waals surface area contributed by atoms with E-state index in [0.717, 1.165) is 32.7 Å². The van der Waals surface area contributed by atoms with Gasteiger partial charge in [-0.3, -0.25) is 9.20 Å². The lowest BCUT2D eigenvalue weighted by molar-refractivity contribution is 0.102. The number of aromatic nitrogens is 3. The molecule has 7 nitrogen and oxygen atoms in total. The number of para-hydroxylation sites is 2. The van der Waals surface area contributed by atoms with E-state index in [-0.39, 0.29) is 5.91 Å². The molecule has 5 aromatic rings. The van der Waals surface area contributed by atoms with E-state index in [1.165, 1.54) is 0 Å². The van der Waals surface area contributed by atoms with Gasteiger partial charge in [-0.05, 0) is 55.5 Å². The van der Waals surface area contributed by atoms with Gasteiger partial charge in [-0.1, -0.05) is 29.5 Å². The number of carbonyl (C=O) groups excluding carboxylic acids is 1. The predicted octanol–water partition coefficient (Wildman–Crippen LogP) is 5.34. The quantitative estimate of drug-likeness (QED) is 0.320. The van der Waals surface area contributed by atoms with Gasteiger partial charge in [0.1, 0.15) is 5.65 Å². The summed E-state index contributed by atoms with van der Waals surface area (Å²) in [7, 11) is 0. The van der Waals surface area contributed by atoms with E-state index in [1.54, 1.807) is 35.6 Å². The summed E-state index contributed by atoms with van der Waals surface area (Å²) in [5.41, 5.74) is 11.3. The van der Waals surface area contributed by atoms with Crippen molar-refractivity contribution in [2.24, 2.45) is 0 Å². The molecule has 1 amide bonds. The molecule has 0 aliphatic carbocycles. The third-order valence-electron chi connectivity index (χ3n) is 5.05. The van der Waals surface area contributed by atoms with E-state index in [1.807, 2.05) is 61.8 Å². The fraction of sp³-hybridized carbons (Fsp3) is 0.0417. The first-order valence-corrected chi connectivity index (χ1v) is 10.8. The van der Waals surface area contributed by atoms with Crippen molar-refractivity contribution in [1.82, 2.24) is 14.4 Å². The summed E-state index contributed by atoms with van der Waals surface area (Å²) in [6.45, 7) is 2.00. The smallest absolute Gasteiger partial charge is 0.255 e. The van der Waals surface area contributed by atoms with Crippen molar-refractivity contribution >= 4 is 45.1 Å². The topological polar surface area (TPSA) is 97.3 Å². The van der Waals surface area contributed by atoms with Crippen LogP contribution >= 0.6 is 11.3 Å². The Labute approximate surface area is 188 Å². The maximum atomic E-state index is 12.5. The van der Waals surface area contributed by atoms with Gasteiger partial charge in [-0.25, -0.2) is 9.97 Å². The highest BCUT2D eigenvalue weighted by molar-refractivity contribution is 7.18. The van der Waals surface area contributed by atoms with Crippen molar-refractivity contribution in [1.29, 1.82) is 0 Å². The molecule has 0 saturated carbocycles. The standard InChI is InChI=1S/C24H20N6OS/c1-15-22(30-13-5-4-8-21(30)27-15)20-14-26-24(32-20)28-17-11-9-16(10-12-17)23(31)29-19-7-3-2-6-18(19)25/h2-14H,25H2,1H3,(H,26,28)(H,29,31). The van der Waals surface area contributed by atoms with Crippen LogP contribution in [0.25, 0.3) is 16.2 Å². The molecular formula is C24H20N6OS. The maximum Gasteiger partial charge on any atom is 0.255 e. The summed E-state index contributed by atoms with van der Waals surface area (Å²) in [5.74, 6) is -0.214. The number of thiazole rings is 1. The average Bonchev–Trinajstić information content (AvgIpc) is 3.38. The Bertz CT molecular complexity index is 1420. The molecular weight excluding hydrogens is 420 g/mol. The Morgan fingerprint density at radius 1 is 1.03 bits per heavy atom. The zero-order valence-electron chi connectivity index (χ0n) is 17.2. The normalized spacial score (nSPS) is 10.9. The third kappa shape index (κ3) is 3.79. The number of pyridine rings is 1. The maximum absolute atomic E-state index is 12.5. The minimum Gasteiger partial charge on any atom is -0.397 e. The van der Waals surface area contributed by atoms with Crippen LogP contribution in [0, 0.1) is 6.92 Å². The second kappa shape index (κ2) is 8.16. The number of amides is 1. The van der Waals surface area contributed by atoms with Crippen LogP contribution in [0.4, 0.5) is 22.2 Å². The summed E-state index contributed by atoms with van der Waals surface area (Å²) in [5, 5.41) is 6.90. The summed E-state index contributed by atoms with van der Waals surface area (Å²) < 4.78 is 2.07. The van der Waals surface area contributed by atoms with Crippen molar-refractivity contribution in [3.63, 3.8) is 0 Å². The highest BCUT2D eigenvalue weighted by atomic mass is 32.1. The van der Waals surface area contributed by atoms with Gasteiger partial charge >= 0.3 is 0 Å². The van der Waals surface area contributed by atoms with Crippen molar-refractivity contribution in [2.75, 3.05) is 16.4 Å². The van der Waals surface area contributed by atoms with Crippen molar-refractivity contribution in [2.45, 2.75) is 6.92 Å². The highest BCUT2D eigenvalue weighted by Gasteiger charge is 2.14. The fourth-order valence-corrected chi connectivity index (χ4v) is 4.42. The molecule has 8 heteroatoms. The van der Waals surface area contributed by atoms with E-state index in [4.69, 9.17) is 5.73 Å². The molecule has 32 heavy (non-hydrogen) atoms. The first kappa shape index (κ1) is 19.8. The molecule has 158 valence electrons. The zero-order valence-corrected chi connectivity index (χ0v) is 18.1. The van der Waals surface area contributed by atoms with E-state index in [2.05, 4.69) is 25.0 Å². The minimum absolute atomic E-state index is 0.214. The first-order chi connectivity index (χ1) is 15.6. The Balaban J connectivity index is 1.31.